The van der Waals surface area contributed by atoms with E-state index in [2.05, 4.69) is 31.3 Å². The summed E-state index contributed by atoms with van der Waals surface area (Å²) in [4.78, 5) is 0. The molecule has 1 N–H and O–H groups in total. The van der Waals surface area contributed by atoms with Crippen LogP contribution in [0, 0.1) is 0 Å². The van der Waals surface area contributed by atoms with E-state index in [1.807, 2.05) is 19.2 Å². The first-order valence-electron chi connectivity index (χ1n) is 6.64. The Hall–Kier alpha value is -1.06. The summed E-state index contributed by atoms with van der Waals surface area (Å²) in [6.45, 7) is 4.97. The molecule has 2 unspecified atom stereocenters. The number of methoxy groups -OCH3 is 1. The Labute approximate surface area is 110 Å². The molecule has 3 heteroatoms. The Morgan fingerprint density at radius 2 is 1.89 bits per heavy atom. The molecule has 0 heterocycles. The van der Waals surface area contributed by atoms with Crippen molar-refractivity contribution in [2.24, 2.45) is 0 Å². The summed E-state index contributed by atoms with van der Waals surface area (Å²) in [6.07, 6.45) is 2.24. The van der Waals surface area contributed by atoms with Crippen LogP contribution in [0.2, 0.25) is 0 Å². The zero-order valence-electron chi connectivity index (χ0n) is 11.9. The predicted octanol–water partition coefficient (Wildman–Crippen LogP) is 3.16. The molecule has 0 aliphatic carbocycles. The van der Waals surface area contributed by atoms with Crippen molar-refractivity contribution in [2.45, 2.75) is 38.8 Å². The van der Waals surface area contributed by atoms with Gasteiger partial charge in [-0.05, 0) is 44.5 Å². The van der Waals surface area contributed by atoms with Gasteiger partial charge < -0.3 is 14.8 Å². The number of hydrogen-bond donors (Lipinski definition) is 1. The largest absolute Gasteiger partial charge is 0.494 e. The van der Waals surface area contributed by atoms with Gasteiger partial charge in [0.05, 0.1) is 12.7 Å². The van der Waals surface area contributed by atoms with E-state index >= 15 is 0 Å². The highest BCUT2D eigenvalue weighted by atomic mass is 16.5. The van der Waals surface area contributed by atoms with Crippen molar-refractivity contribution in [3.63, 3.8) is 0 Å². The summed E-state index contributed by atoms with van der Waals surface area (Å²) < 4.78 is 10.9. The smallest absolute Gasteiger partial charge is 0.119 e. The summed E-state index contributed by atoms with van der Waals surface area (Å²) in [5.41, 5.74) is 1.27. The van der Waals surface area contributed by atoms with Crippen molar-refractivity contribution >= 4 is 0 Å². The lowest BCUT2D eigenvalue weighted by molar-refractivity contribution is 0.101. The number of nitrogens with one attached hydrogen (secondary N) is 1. The quantitative estimate of drug-likeness (QED) is 0.770. The van der Waals surface area contributed by atoms with E-state index in [4.69, 9.17) is 9.47 Å². The first-order valence-corrected chi connectivity index (χ1v) is 6.64. The Morgan fingerprint density at radius 3 is 2.39 bits per heavy atom. The number of ether oxygens (including phenoxy) is 2. The van der Waals surface area contributed by atoms with Crippen molar-refractivity contribution in [2.75, 3.05) is 20.8 Å². The molecule has 0 radical (unpaired) electrons. The molecular weight excluding hydrogens is 226 g/mol. The average molecular weight is 251 g/mol. The lowest BCUT2D eigenvalue weighted by Gasteiger charge is -2.20. The van der Waals surface area contributed by atoms with Crippen molar-refractivity contribution < 1.29 is 9.47 Å². The Balaban J connectivity index is 2.63. The second-order valence-electron chi connectivity index (χ2n) is 4.54. The van der Waals surface area contributed by atoms with Crippen LogP contribution < -0.4 is 10.1 Å². The number of rotatable bonds is 8. The third-order valence-corrected chi connectivity index (χ3v) is 3.07. The van der Waals surface area contributed by atoms with E-state index in [1.165, 1.54) is 5.56 Å². The fourth-order valence-corrected chi connectivity index (χ4v) is 1.87. The maximum Gasteiger partial charge on any atom is 0.119 e. The zero-order valence-corrected chi connectivity index (χ0v) is 11.9. The monoisotopic (exact) mass is 251 g/mol. The molecule has 0 saturated heterocycles. The molecular formula is C15H25NO2. The third-order valence-electron chi connectivity index (χ3n) is 3.07. The SMILES string of the molecule is CCCOc1ccc(C(CC(C)OC)NC)cc1. The molecule has 0 bridgehead atoms. The fraction of sp³-hybridized carbons (Fsp3) is 0.600. The van der Waals surface area contributed by atoms with Gasteiger partial charge >= 0.3 is 0 Å². The van der Waals surface area contributed by atoms with Gasteiger partial charge in [-0.25, -0.2) is 0 Å². The molecule has 1 aromatic rings. The van der Waals surface area contributed by atoms with Crippen LogP contribution in [0.5, 0.6) is 5.75 Å². The summed E-state index contributed by atoms with van der Waals surface area (Å²) in [5.74, 6) is 0.940. The molecule has 1 aromatic carbocycles. The Kier molecular flexibility index (Phi) is 6.76. The molecule has 0 aromatic heterocycles. The standard InChI is InChI=1S/C15H25NO2/c1-5-10-18-14-8-6-13(7-9-14)15(16-3)11-12(2)17-4/h6-9,12,15-16H,5,10-11H2,1-4H3. The highest BCUT2D eigenvalue weighted by Gasteiger charge is 2.13. The van der Waals surface area contributed by atoms with Crippen LogP contribution in [0.1, 0.15) is 38.3 Å². The van der Waals surface area contributed by atoms with Gasteiger partial charge in [0.15, 0.2) is 0 Å². The second-order valence-corrected chi connectivity index (χ2v) is 4.54. The molecule has 0 saturated carbocycles. The molecule has 0 aliphatic heterocycles. The van der Waals surface area contributed by atoms with Gasteiger partial charge in [0.25, 0.3) is 0 Å². The van der Waals surface area contributed by atoms with E-state index in [1.54, 1.807) is 7.11 Å². The highest BCUT2D eigenvalue weighted by molar-refractivity contribution is 5.29. The van der Waals surface area contributed by atoms with Crippen molar-refractivity contribution in [1.82, 2.24) is 5.32 Å². The summed E-state index contributed by atoms with van der Waals surface area (Å²) in [6, 6.07) is 8.63. The van der Waals surface area contributed by atoms with Crippen LogP contribution in [0.4, 0.5) is 0 Å². The van der Waals surface area contributed by atoms with Gasteiger partial charge in [0.1, 0.15) is 5.75 Å². The summed E-state index contributed by atoms with van der Waals surface area (Å²) >= 11 is 0. The Morgan fingerprint density at radius 1 is 1.22 bits per heavy atom. The Bertz CT molecular complexity index is 324. The van der Waals surface area contributed by atoms with Crippen LogP contribution in [-0.2, 0) is 4.74 Å². The minimum atomic E-state index is 0.249. The molecule has 2 atom stereocenters. The minimum Gasteiger partial charge on any atom is -0.494 e. The molecule has 0 spiro atoms. The first kappa shape index (κ1) is 15.0. The predicted molar refractivity (Wildman–Crippen MR) is 75.1 cm³/mol. The van der Waals surface area contributed by atoms with Gasteiger partial charge in [-0.3, -0.25) is 0 Å². The number of benzene rings is 1. The van der Waals surface area contributed by atoms with Gasteiger partial charge in [-0.15, -0.1) is 0 Å². The van der Waals surface area contributed by atoms with E-state index in [9.17, 15) is 0 Å². The van der Waals surface area contributed by atoms with Crippen molar-refractivity contribution in [3.05, 3.63) is 29.8 Å². The van der Waals surface area contributed by atoms with Crippen molar-refractivity contribution in [1.29, 1.82) is 0 Å². The van der Waals surface area contributed by atoms with Crippen LogP contribution in [-0.4, -0.2) is 26.9 Å². The lowest BCUT2D eigenvalue weighted by atomic mass is 10.0. The molecule has 0 aliphatic rings. The molecule has 18 heavy (non-hydrogen) atoms. The van der Waals surface area contributed by atoms with Crippen LogP contribution >= 0.6 is 0 Å². The van der Waals surface area contributed by atoms with Crippen LogP contribution in [0.25, 0.3) is 0 Å². The maximum absolute atomic E-state index is 5.58. The first-order chi connectivity index (χ1) is 8.71. The summed E-state index contributed by atoms with van der Waals surface area (Å²) in [5, 5.41) is 3.33. The minimum absolute atomic E-state index is 0.249. The van der Waals surface area contributed by atoms with Crippen LogP contribution in [0.15, 0.2) is 24.3 Å². The van der Waals surface area contributed by atoms with Gasteiger partial charge in [0, 0.05) is 13.2 Å². The van der Waals surface area contributed by atoms with Crippen molar-refractivity contribution in [3.8, 4) is 5.75 Å². The molecule has 1 rings (SSSR count). The number of hydrogen-bond acceptors (Lipinski definition) is 3. The fourth-order valence-electron chi connectivity index (χ4n) is 1.87. The van der Waals surface area contributed by atoms with E-state index in [0.29, 0.717) is 6.04 Å². The topological polar surface area (TPSA) is 30.5 Å². The highest BCUT2D eigenvalue weighted by Crippen LogP contribution is 2.22. The summed E-state index contributed by atoms with van der Waals surface area (Å²) in [7, 11) is 3.73. The van der Waals surface area contributed by atoms with Crippen LogP contribution in [0.3, 0.4) is 0 Å². The van der Waals surface area contributed by atoms with Gasteiger partial charge in [0.2, 0.25) is 0 Å². The van der Waals surface area contributed by atoms with E-state index in [0.717, 1.165) is 25.2 Å². The molecule has 3 nitrogen and oxygen atoms in total. The van der Waals surface area contributed by atoms with Gasteiger partial charge in [-0.1, -0.05) is 19.1 Å². The third kappa shape index (κ3) is 4.67. The van der Waals surface area contributed by atoms with E-state index in [-0.39, 0.29) is 6.10 Å². The lowest BCUT2D eigenvalue weighted by Crippen LogP contribution is -2.21. The normalized spacial score (nSPS) is 14.2. The second kappa shape index (κ2) is 8.11. The average Bonchev–Trinajstić information content (AvgIpc) is 2.42. The maximum atomic E-state index is 5.58. The molecule has 102 valence electrons. The van der Waals surface area contributed by atoms with Gasteiger partial charge in [-0.2, -0.15) is 0 Å². The van der Waals surface area contributed by atoms with E-state index < -0.39 is 0 Å². The molecule has 0 amide bonds. The molecule has 0 fully saturated rings. The zero-order chi connectivity index (χ0) is 13.4.